The van der Waals surface area contributed by atoms with E-state index in [-0.39, 0.29) is 40.0 Å². The first-order valence-electron chi connectivity index (χ1n) is 13.4. The SMILES string of the molecule is COc1ncc(-c2nccnc2N(C(=O)O)[C@H]2CC[C@H](Nc3ncc(C(F)(F)F)c(-c4cncc(S(C)(=O)=O)c4)n3)CC2)cn1. The van der Waals surface area contributed by atoms with Crippen molar-refractivity contribution >= 4 is 27.7 Å². The highest BCUT2D eigenvalue weighted by atomic mass is 32.2. The zero-order valence-corrected chi connectivity index (χ0v) is 24.6. The summed E-state index contributed by atoms with van der Waals surface area (Å²) in [4.78, 5) is 41.8. The predicted octanol–water partition coefficient (Wildman–Crippen LogP) is 4.12. The molecular weight excluding hydrogens is 619 g/mol. The van der Waals surface area contributed by atoms with Gasteiger partial charge in [-0.25, -0.2) is 38.1 Å². The van der Waals surface area contributed by atoms with Crippen molar-refractivity contribution < 1.29 is 36.2 Å². The van der Waals surface area contributed by atoms with Crippen molar-refractivity contribution in [3.05, 3.63) is 55.0 Å². The summed E-state index contributed by atoms with van der Waals surface area (Å²) in [5.41, 5.74) is -1.11. The topological polar surface area (TPSA) is 186 Å². The van der Waals surface area contributed by atoms with Crippen LogP contribution in [-0.4, -0.2) is 80.0 Å². The van der Waals surface area contributed by atoms with Gasteiger partial charge in [0.15, 0.2) is 15.7 Å². The number of amides is 1. The zero-order valence-electron chi connectivity index (χ0n) is 23.8. The fourth-order valence-corrected chi connectivity index (χ4v) is 5.56. The van der Waals surface area contributed by atoms with Crippen LogP contribution in [-0.2, 0) is 16.0 Å². The number of sulfone groups is 1. The van der Waals surface area contributed by atoms with Crippen LogP contribution >= 0.6 is 0 Å². The van der Waals surface area contributed by atoms with Gasteiger partial charge in [0.25, 0.3) is 0 Å². The van der Waals surface area contributed by atoms with Crippen LogP contribution in [0.3, 0.4) is 0 Å². The number of pyridine rings is 1. The minimum absolute atomic E-state index is 0.1000. The molecule has 18 heteroatoms. The van der Waals surface area contributed by atoms with Gasteiger partial charge in [-0.2, -0.15) is 13.2 Å². The predicted molar refractivity (Wildman–Crippen MR) is 153 cm³/mol. The maximum absolute atomic E-state index is 13.8. The molecule has 1 fully saturated rings. The number of anilines is 2. The molecule has 1 amide bonds. The van der Waals surface area contributed by atoms with Gasteiger partial charge >= 0.3 is 18.3 Å². The maximum atomic E-state index is 13.8. The molecule has 0 aliphatic heterocycles. The number of ether oxygens (including phenoxy) is 1. The highest BCUT2D eigenvalue weighted by Crippen LogP contribution is 2.37. The molecule has 4 aromatic heterocycles. The third-order valence-electron chi connectivity index (χ3n) is 7.10. The number of hydrogen-bond donors (Lipinski definition) is 2. The van der Waals surface area contributed by atoms with Crippen molar-refractivity contribution in [1.82, 2.24) is 34.9 Å². The second-order valence-electron chi connectivity index (χ2n) is 10.1. The number of aromatic nitrogens is 7. The summed E-state index contributed by atoms with van der Waals surface area (Å²) in [5.74, 6) is 0.00726. The Labute approximate surface area is 254 Å². The number of nitrogens with zero attached hydrogens (tertiary/aromatic N) is 8. The average molecular weight is 646 g/mol. The Morgan fingerprint density at radius 1 is 0.956 bits per heavy atom. The molecule has 14 nitrogen and oxygen atoms in total. The Morgan fingerprint density at radius 2 is 1.64 bits per heavy atom. The van der Waals surface area contributed by atoms with Gasteiger partial charge < -0.3 is 15.2 Å². The first-order chi connectivity index (χ1) is 21.3. The van der Waals surface area contributed by atoms with E-state index in [4.69, 9.17) is 4.74 Å². The lowest BCUT2D eigenvalue weighted by Gasteiger charge is -2.35. The third kappa shape index (κ3) is 7.05. The molecule has 0 radical (unpaired) electrons. The summed E-state index contributed by atoms with van der Waals surface area (Å²) in [7, 11) is -2.33. The Morgan fingerprint density at radius 3 is 2.27 bits per heavy atom. The first-order valence-corrected chi connectivity index (χ1v) is 15.3. The fraction of sp³-hybridized carbons (Fsp3) is 0.333. The highest BCUT2D eigenvalue weighted by molar-refractivity contribution is 7.90. The van der Waals surface area contributed by atoms with Gasteiger partial charge in [0.2, 0.25) is 5.95 Å². The molecule has 0 saturated heterocycles. The van der Waals surface area contributed by atoms with Gasteiger partial charge in [0, 0.05) is 72.8 Å². The minimum atomic E-state index is -4.82. The Bertz CT molecular complexity index is 1800. The molecule has 0 spiro atoms. The number of hydrogen-bond acceptors (Lipinski definition) is 12. The van der Waals surface area contributed by atoms with Gasteiger partial charge in [-0.3, -0.25) is 14.9 Å². The van der Waals surface area contributed by atoms with Crippen LogP contribution in [0, 0.1) is 0 Å². The number of alkyl halides is 3. The van der Waals surface area contributed by atoms with Crippen molar-refractivity contribution in [3.8, 4) is 28.5 Å². The largest absolute Gasteiger partial charge is 0.467 e. The van der Waals surface area contributed by atoms with Gasteiger partial charge in [0.05, 0.1) is 17.7 Å². The molecule has 2 N–H and O–H groups in total. The van der Waals surface area contributed by atoms with Crippen LogP contribution in [0.5, 0.6) is 6.01 Å². The monoisotopic (exact) mass is 645 g/mol. The number of halogens is 3. The molecule has 1 aliphatic rings. The second kappa shape index (κ2) is 12.5. The van der Waals surface area contributed by atoms with E-state index in [0.29, 0.717) is 37.4 Å². The third-order valence-corrected chi connectivity index (χ3v) is 8.18. The Balaban J connectivity index is 1.36. The summed E-state index contributed by atoms with van der Waals surface area (Å²) >= 11 is 0. The van der Waals surface area contributed by atoms with Crippen LogP contribution in [0.4, 0.5) is 29.7 Å². The average Bonchev–Trinajstić information content (AvgIpc) is 3.01. The molecule has 0 unspecified atom stereocenters. The second-order valence-corrected chi connectivity index (χ2v) is 12.1. The van der Waals surface area contributed by atoms with E-state index >= 15 is 0 Å². The normalized spacial score (nSPS) is 17.0. The summed E-state index contributed by atoms with van der Waals surface area (Å²) in [6, 6.07) is 0.435. The van der Waals surface area contributed by atoms with Gasteiger partial charge in [-0.15, -0.1) is 0 Å². The quantitative estimate of drug-likeness (QED) is 0.279. The molecule has 0 atom stereocenters. The lowest BCUT2D eigenvalue weighted by molar-refractivity contribution is -0.137. The molecule has 236 valence electrons. The van der Waals surface area contributed by atoms with E-state index in [1.807, 2.05) is 0 Å². The standard InChI is InChI=1S/C27H26F3N9O5S/c1-44-25-35-11-16(12-36-25)22-23(33-8-7-32-22)39(26(40)41)18-5-3-17(4-6-18)37-24-34-14-20(27(28,29)30)21(38-24)15-9-19(13-31-10-15)45(2,42)43/h7-14,17-18H,3-6H2,1-2H3,(H,40,41)(H,34,37,38)/t17-,18-. The number of methoxy groups -OCH3 is 1. The van der Waals surface area contributed by atoms with Gasteiger partial charge in [-0.1, -0.05) is 0 Å². The molecule has 4 aromatic rings. The number of carbonyl (C=O) groups is 1. The highest BCUT2D eigenvalue weighted by Gasteiger charge is 2.37. The van der Waals surface area contributed by atoms with E-state index < -0.39 is 39.4 Å². The molecule has 0 bridgehead atoms. The van der Waals surface area contributed by atoms with Crippen molar-refractivity contribution in [2.24, 2.45) is 0 Å². The van der Waals surface area contributed by atoms with Gasteiger partial charge in [-0.05, 0) is 31.7 Å². The summed E-state index contributed by atoms with van der Waals surface area (Å²) in [6.07, 6.45) is 4.98. The molecule has 1 aliphatic carbocycles. The number of carboxylic acid groups (broad SMARTS) is 1. The number of rotatable bonds is 8. The molecule has 5 rings (SSSR count). The van der Waals surface area contributed by atoms with Gasteiger partial charge in [0.1, 0.15) is 11.3 Å². The lowest BCUT2D eigenvalue weighted by atomic mass is 9.90. The van der Waals surface area contributed by atoms with Crippen LogP contribution in [0.2, 0.25) is 0 Å². The molecule has 0 aromatic carbocycles. The first kappa shape index (κ1) is 31.4. The summed E-state index contributed by atoms with van der Waals surface area (Å²) < 4.78 is 70.5. The van der Waals surface area contributed by atoms with E-state index in [0.717, 1.165) is 29.6 Å². The maximum Gasteiger partial charge on any atom is 0.419 e. The van der Waals surface area contributed by atoms with Crippen LogP contribution in [0.15, 0.2) is 54.3 Å². The fourth-order valence-electron chi connectivity index (χ4n) is 4.97. The lowest BCUT2D eigenvalue weighted by Crippen LogP contribution is -2.44. The molecular formula is C27H26F3N9O5S. The Hall–Kier alpha value is -5.00. The van der Waals surface area contributed by atoms with E-state index in [1.54, 1.807) is 0 Å². The van der Waals surface area contributed by atoms with Crippen LogP contribution < -0.4 is 15.0 Å². The van der Waals surface area contributed by atoms with E-state index in [9.17, 15) is 31.5 Å². The minimum Gasteiger partial charge on any atom is -0.467 e. The Kier molecular flexibility index (Phi) is 8.76. The molecule has 4 heterocycles. The smallest absolute Gasteiger partial charge is 0.419 e. The van der Waals surface area contributed by atoms with Crippen molar-refractivity contribution in [2.45, 2.75) is 48.8 Å². The van der Waals surface area contributed by atoms with Crippen molar-refractivity contribution in [1.29, 1.82) is 0 Å². The number of nitrogens with one attached hydrogen (secondary N) is 1. The van der Waals surface area contributed by atoms with Crippen LogP contribution in [0.25, 0.3) is 22.5 Å². The molecule has 1 saturated carbocycles. The zero-order chi connectivity index (χ0) is 32.4. The van der Waals surface area contributed by atoms with Crippen molar-refractivity contribution in [2.75, 3.05) is 23.6 Å². The van der Waals surface area contributed by atoms with E-state index in [1.165, 1.54) is 31.9 Å². The van der Waals surface area contributed by atoms with Crippen LogP contribution in [0.1, 0.15) is 31.2 Å². The molecule has 45 heavy (non-hydrogen) atoms. The summed E-state index contributed by atoms with van der Waals surface area (Å²) in [6.45, 7) is 0. The summed E-state index contributed by atoms with van der Waals surface area (Å²) in [5, 5.41) is 13.2. The van der Waals surface area contributed by atoms with Crippen molar-refractivity contribution in [3.63, 3.8) is 0 Å². The van der Waals surface area contributed by atoms with E-state index in [2.05, 4.69) is 40.2 Å².